The first kappa shape index (κ1) is 22.9. The van der Waals surface area contributed by atoms with Gasteiger partial charge in [-0.05, 0) is 50.5 Å². The van der Waals surface area contributed by atoms with E-state index in [2.05, 4.69) is 30.3 Å². The van der Waals surface area contributed by atoms with E-state index in [1.807, 2.05) is 31.2 Å². The first-order valence-corrected chi connectivity index (χ1v) is 12.2. The van der Waals surface area contributed by atoms with Crippen molar-refractivity contribution >= 4 is 28.1 Å². The average molecular weight is 493 g/mol. The smallest absolute Gasteiger partial charge is 0.274 e. The number of allylic oxidation sites excluding steroid dienone is 3. The Bertz CT molecular complexity index is 1490. The van der Waals surface area contributed by atoms with Crippen molar-refractivity contribution < 1.29 is 13.5 Å². The third kappa shape index (κ3) is 4.70. The summed E-state index contributed by atoms with van der Waals surface area (Å²) in [6, 6.07) is 5.13. The fraction of sp³-hybridized carbons (Fsp3) is 0.261. The molecule has 1 unspecified atom stereocenters. The highest BCUT2D eigenvalue weighted by molar-refractivity contribution is 7.83. The summed E-state index contributed by atoms with van der Waals surface area (Å²) in [7, 11) is 0.292. The first-order valence-electron chi connectivity index (χ1n) is 11.0. The number of carbonyl (C=O) groups excluding carboxylic acids is 1. The predicted octanol–water partition coefficient (Wildman–Crippen LogP) is 2.71. The fourth-order valence-electron chi connectivity index (χ4n) is 3.75. The van der Waals surface area contributed by atoms with E-state index in [-0.39, 0.29) is 5.91 Å². The molecule has 0 aliphatic heterocycles. The number of rotatable bonds is 7. The zero-order chi connectivity index (χ0) is 24.5. The highest BCUT2D eigenvalue weighted by atomic mass is 32.2. The molecule has 0 saturated carbocycles. The van der Waals surface area contributed by atoms with Crippen molar-refractivity contribution in [2.24, 2.45) is 7.05 Å². The molecule has 180 valence electrons. The molecule has 0 aromatic carbocycles. The lowest BCUT2D eigenvalue weighted by Gasteiger charge is -2.17. The van der Waals surface area contributed by atoms with E-state index in [4.69, 9.17) is 4.52 Å². The van der Waals surface area contributed by atoms with Crippen LogP contribution < -0.4 is 10.0 Å². The van der Waals surface area contributed by atoms with Crippen molar-refractivity contribution in [3.05, 3.63) is 77.7 Å². The van der Waals surface area contributed by atoms with E-state index in [1.54, 1.807) is 47.8 Å². The Morgan fingerprint density at radius 1 is 1.26 bits per heavy atom. The Morgan fingerprint density at radius 2 is 2.11 bits per heavy atom. The number of imidazole rings is 1. The normalized spacial score (nSPS) is 15.8. The maximum Gasteiger partial charge on any atom is 0.274 e. The second-order valence-corrected chi connectivity index (χ2v) is 9.55. The SMILES string of the molecule is CC1=C(NC(=O)c2cnc3ccccn23)C=C(c2noc([C@H](C)NS(=O)c3cnn(C)c3)n2)CC1. The van der Waals surface area contributed by atoms with Gasteiger partial charge in [0.2, 0.25) is 5.89 Å². The summed E-state index contributed by atoms with van der Waals surface area (Å²) < 4.78 is 24.2. The minimum absolute atomic E-state index is 0.250. The molecule has 4 heterocycles. The lowest BCUT2D eigenvalue weighted by atomic mass is 9.96. The van der Waals surface area contributed by atoms with Crippen LogP contribution in [-0.4, -0.2) is 39.4 Å². The number of nitrogens with one attached hydrogen (secondary N) is 2. The first-order chi connectivity index (χ1) is 16.9. The van der Waals surface area contributed by atoms with Gasteiger partial charge in [0.05, 0.1) is 23.3 Å². The number of pyridine rings is 1. The number of hydrogen-bond acceptors (Lipinski definition) is 7. The van der Waals surface area contributed by atoms with Crippen molar-refractivity contribution in [2.45, 2.75) is 37.6 Å². The maximum absolute atomic E-state index is 13.0. The minimum Gasteiger partial charge on any atom is -0.337 e. The highest BCUT2D eigenvalue weighted by Crippen LogP contribution is 2.29. The van der Waals surface area contributed by atoms with Crippen LogP contribution in [0, 0.1) is 0 Å². The van der Waals surface area contributed by atoms with Gasteiger partial charge in [-0.1, -0.05) is 11.2 Å². The summed E-state index contributed by atoms with van der Waals surface area (Å²) in [5.41, 5.74) is 3.76. The Balaban J connectivity index is 1.30. The van der Waals surface area contributed by atoms with Gasteiger partial charge in [0.15, 0.2) is 5.82 Å². The number of aromatic nitrogens is 6. The molecule has 5 rings (SSSR count). The summed E-state index contributed by atoms with van der Waals surface area (Å²) in [4.78, 5) is 22.3. The summed E-state index contributed by atoms with van der Waals surface area (Å²) in [6.45, 7) is 3.78. The summed E-state index contributed by atoms with van der Waals surface area (Å²) in [5.74, 6) is 0.510. The molecule has 2 atom stereocenters. The molecule has 4 aromatic rings. The van der Waals surface area contributed by atoms with E-state index in [0.29, 0.717) is 40.1 Å². The number of nitrogens with zero attached hydrogens (tertiary/aromatic N) is 6. The second-order valence-electron chi connectivity index (χ2n) is 8.30. The third-order valence-electron chi connectivity index (χ3n) is 5.72. The second kappa shape index (κ2) is 9.39. The van der Waals surface area contributed by atoms with Gasteiger partial charge in [0, 0.05) is 30.7 Å². The molecular formula is C23H24N8O3S. The van der Waals surface area contributed by atoms with Gasteiger partial charge in [-0.25, -0.2) is 13.9 Å². The molecule has 0 bridgehead atoms. The van der Waals surface area contributed by atoms with E-state index < -0.39 is 17.0 Å². The molecule has 1 aliphatic carbocycles. The standard InChI is InChI=1S/C23H24N8O3S/c1-14-7-8-16(10-18(14)26-22(32)19-12-24-20-6-4-5-9-31(19)20)21-27-23(34-28-21)15(2)29-35(33)17-11-25-30(3)13-17/h4-6,9-13,15,29H,7-8H2,1-3H3,(H,26,32)/t15-,35?/m0/s1. The van der Waals surface area contributed by atoms with Crippen LogP contribution in [0.15, 0.2) is 69.8 Å². The van der Waals surface area contributed by atoms with Gasteiger partial charge >= 0.3 is 0 Å². The summed E-state index contributed by atoms with van der Waals surface area (Å²) >= 11 is 0. The van der Waals surface area contributed by atoms with Crippen LogP contribution in [0.5, 0.6) is 0 Å². The lowest BCUT2D eigenvalue weighted by Crippen LogP contribution is -2.25. The number of carbonyl (C=O) groups is 1. The monoisotopic (exact) mass is 492 g/mol. The zero-order valence-corrected chi connectivity index (χ0v) is 20.2. The number of aryl methyl sites for hydroxylation is 1. The van der Waals surface area contributed by atoms with Crippen LogP contribution in [0.1, 0.15) is 54.9 Å². The van der Waals surface area contributed by atoms with Crippen molar-refractivity contribution in [1.29, 1.82) is 0 Å². The molecule has 1 amide bonds. The number of hydrogen-bond donors (Lipinski definition) is 2. The Hall–Kier alpha value is -3.90. The molecule has 4 aromatic heterocycles. The van der Waals surface area contributed by atoms with Gasteiger partial charge in [0.25, 0.3) is 5.91 Å². The van der Waals surface area contributed by atoms with Crippen molar-refractivity contribution in [3.8, 4) is 0 Å². The zero-order valence-electron chi connectivity index (χ0n) is 19.4. The van der Waals surface area contributed by atoms with Crippen molar-refractivity contribution in [3.63, 3.8) is 0 Å². The molecule has 0 spiro atoms. The van der Waals surface area contributed by atoms with E-state index in [9.17, 15) is 9.00 Å². The van der Waals surface area contributed by atoms with E-state index in [0.717, 1.165) is 17.6 Å². The van der Waals surface area contributed by atoms with Crippen LogP contribution in [-0.2, 0) is 18.0 Å². The summed E-state index contributed by atoms with van der Waals surface area (Å²) in [5, 5.41) is 11.1. The topological polar surface area (TPSA) is 132 Å². The molecule has 2 N–H and O–H groups in total. The fourth-order valence-corrected chi connectivity index (χ4v) is 4.70. The van der Waals surface area contributed by atoms with Crippen molar-refractivity contribution in [1.82, 2.24) is 39.3 Å². The molecule has 0 saturated heterocycles. The van der Waals surface area contributed by atoms with E-state index >= 15 is 0 Å². The van der Waals surface area contributed by atoms with Gasteiger partial charge in [-0.2, -0.15) is 10.1 Å². The van der Waals surface area contributed by atoms with Gasteiger partial charge in [0.1, 0.15) is 22.3 Å². The molecule has 0 fully saturated rings. The molecule has 1 aliphatic rings. The van der Waals surface area contributed by atoms with Gasteiger partial charge in [-0.15, -0.1) is 0 Å². The van der Waals surface area contributed by atoms with Crippen LogP contribution in [0.2, 0.25) is 0 Å². The van der Waals surface area contributed by atoms with Crippen molar-refractivity contribution in [2.75, 3.05) is 0 Å². The summed E-state index contributed by atoms with van der Waals surface area (Å²) in [6.07, 6.45) is 9.92. The molecule has 35 heavy (non-hydrogen) atoms. The molecule has 12 heteroatoms. The number of fused-ring (bicyclic) bond motifs is 1. The Kier molecular flexibility index (Phi) is 6.14. The third-order valence-corrected chi connectivity index (χ3v) is 6.93. The minimum atomic E-state index is -1.47. The van der Waals surface area contributed by atoms with Crippen LogP contribution in [0.25, 0.3) is 11.2 Å². The largest absolute Gasteiger partial charge is 0.337 e. The lowest BCUT2D eigenvalue weighted by molar-refractivity contribution is 0.0961. The van der Waals surface area contributed by atoms with Crippen LogP contribution in [0.4, 0.5) is 0 Å². The van der Waals surface area contributed by atoms with E-state index in [1.165, 1.54) is 0 Å². The average Bonchev–Trinajstić information content (AvgIpc) is 3.60. The van der Waals surface area contributed by atoms with Gasteiger partial charge in [-0.3, -0.25) is 13.9 Å². The molecule has 11 nitrogen and oxygen atoms in total. The molecule has 0 radical (unpaired) electrons. The quantitative estimate of drug-likeness (QED) is 0.405. The van der Waals surface area contributed by atoms with Crippen LogP contribution in [0.3, 0.4) is 0 Å². The predicted molar refractivity (Wildman–Crippen MR) is 128 cm³/mol. The van der Waals surface area contributed by atoms with Gasteiger partial charge < -0.3 is 9.84 Å². The highest BCUT2D eigenvalue weighted by Gasteiger charge is 2.22. The van der Waals surface area contributed by atoms with Crippen LogP contribution >= 0.6 is 0 Å². The number of amides is 1. The molecular weight excluding hydrogens is 468 g/mol. The Labute approximate surface area is 203 Å². The Morgan fingerprint density at radius 3 is 2.91 bits per heavy atom. The maximum atomic E-state index is 13.0.